The highest BCUT2D eigenvalue weighted by atomic mass is 127. The molecule has 0 aliphatic carbocycles. The number of non-ortho nitro benzene ring substituents is 1. The van der Waals surface area contributed by atoms with Gasteiger partial charge < -0.3 is 10.6 Å². The third-order valence-electron chi connectivity index (χ3n) is 3.96. The van der Waals surface area contributed by atoms with E-state index >= 15 is 0 Å². The van der Waals surface area contributed by atoms with Crippen LogP contribution in [-0.4, -0.2) is 45.5 Å². The molecule has 0 fully saturated rings. The van der Waals surface area contributed by atoms with Gasteiger partial charge in [0.15, 0.2) is 5.96 Å². The molecular formula is C18H26IN5O4S2. The Morgan fingerprint density at radius 1 is 1.27 bits per heavy atom. The first-order chi connectivity index (χ1) is 13.7. The number of rotatable bonds is 9. The predicted octanol–water partition coefficient (Wildman–Crippen LogP) is 2.66. The predicted molar refractivity (Wildman–Crippen MR) is 130 cm³/mol. The number of sulfonamides is 1. The molecule has 30 heavy (non-hydrogen) atoms. The summed E-state index contributed by atoms with van der Waals surface area (Å²) in [6.07, 6.45) is 0.860. The fourth-order valence-electron chi connectivity index (χ4n) is 2.59. The van der Waals surface area contributed by atoms with Gasteiger partial charge in [-0.1, -0.05) is 6.07 Å². The van der Waals surface area contributed by atoms with Gasteiger partial charge in [-0.05, 0) is 32.0 Å². The molecule has 0 saturated carbocycles. The summed E-state index contributed by atoms with van der Waals surface area (Å²) in [6.45, 7) is 4.53. The van der Waals surface area contributed by atoms with Gasteiger partial charge in [0, 0.05) is 54.5 Å². The molecule has 1 aromatic heterocycles. The Morgan fingerprint density at radius 3 is 2.60 bits per heavy atom. The number of guanidine groups is 1. The van der Waals surface area contributed by atoms with Crippen LogP contribution in [0.15, 0.2) is 46.3 Å². The van der Waals surface area contributed by atoms with Crippen molar-refractivity contribution in [1.29, 1.82) is 0 Å². The van der Waals surface area contributed by atoms with Gasteiger partial charge >= 0.3 is 0 Å². The lowest BCUT2D eigenvalue weighted by Crippen LogP contribution is -2.45. The molecule has 0 spiro atoms. The molecule has 0 bridgehead atoms. The Balaban J connectivity index is 0.00000450. The van der Waals surface area contributed by atoms with Crippen molar-refractivity contribution in [3.8, 4) is 0 Å². The van der Waals surface area contributed by atoms with E-state index in [2.05, 4.69) is 39.4 Å². The van der Waals surface area contributed by atoms with E-state index in [0.29, 0.717) is 12.5 Å². The molecule has 9 nitrogen and oxygen atoms in total. The number of benzene rings is 1. The number of nitro groups is 1. The molecule has 12 heteroatoms. The van der Waals surface area contributed by atoms with Gasteiger partial charge in [0.05, 0.1) is 9.82 Å². The molecule has 0 saturated heterocycles. The zero-order chi connectivity index (χ0) is 21.4. The van der Waals surface area contributed by atoms with E-state index in [4.69, 9.17) is 0 Å². The summed E-state index contributed by atoms with van der Waals surface area (Å²) in [5, 5.41) is 17.1. The lowest BCUT2D eigenvalue weighted by atomic mass is 10.2. The van der Waals surface area contributed by atoms with Crippen LogP contribution in [0, 0.1) is 17.0 Å². The van der Waals surface area contributed by atoms with E-state index in [1.54, 1.807) is 18.4 Å². The van der Waals surface area contributed by atoms with Gasteiger partial charge in [0.25, 0.3) is 5.69 Å². The highest BCUT2D eigenvalue weighted by molar-refractivity contribution is 14.0. The molecule has 1 aromatic carbocycles. The van der Waals surface area contributed by atoms with E-state index in [-0.39, 0.29) is 47.1 Å². The normalized spacial score (nSPS) is 12.7. The molecule has 0 radical (unpaired) electrons. The molecule has 3 N–H and O–H groups in total. The number of nitro benzene ring substituents is 1. The third-order valence-corrected chi connectivity index (χ3v) is 6.44. The Labute approximate surface area is 197 Å². The Kier molecular flexibility index (Phi) is 10.7. The number of nitrogens with zero attached hydrogens (tertiary/aromatic N) is 2. The first-order valence-corrected chi connectivity index (χ1v) is 11.3. The SMILES string of the molecule is CN=C(NCCNS(=O)(=O)c1cccc([N+](=O)[O-])c1)NC(C)Cc1ccc(C)s1.I. The van der Waals surface area contributed by atoms with Crippen molar-refractivity contribution in [2.24, 2.45) is 4.99 Å². The van der Waals surface area contributed by atoms with E-state index in [9.17, 15) is 18.5 Å². The van der Waals surface area contributed by atoms with Gasteiger partial charge in [-0.2, -0.15) is 0 Å². The standard InChI is InChI=1S/C18H25N5O4S2.HI/c1-13(11-16-8-7-14(2)28-16)22-18(19-3)20-9-10-21-29(26,27)17-6-4-5-15(12-17)23(24)25;/h4-8,12-13,21H,9-11H2,1-3H3,(H2,19,20,22);1H. The van der Waals surface area contributed by atoms with Crippen LogP contribution >= 0.6 is 35.3 Å². The largest absolute Gasteiger partial charge is 0.355 e. The number of aliphatic imine (C=N–C) groups is 1. The molecular weight excluding hydrogens is 541 g/mol. The minimum Gasteiger partial charge on any atom is -0.355 e. The Bertz CT molecular complexity index is 978. The lowest BCUT2D eigenvalue weighted by Gasteiger charge is -2.17. The van der Waals surface area contributed by atoms with Crippen LogP contribution in [0.3, 0.4) is 0 Å². The van der Waals surface area contributed by atoms with Gasteiger partial charge in [0.2, 0.25) is 10.0 Å². The van der Waals surface area contributed by atoms with Crippen molar-refractivity contribution < 1.29 is 13.3 Å². The maximum atomic E-state index is 12.3. The van der Waals surface area contributed by atoms with Gasteiger partial charge in [-0.15, -0.1) is 35.3 Å². The summed E-state index contributed by atoms with van der Waals surface area (Å²) in [5.41, 5.74) is -0.273. The summed E-state index contributed by atoms with van der Waals surface area (Å²) in [4.78, 5) is 16.7. The number of hydrogen-bond donors (Lipinski definition) is 3. The average molecular weight is 567 g/mol. The minimum atomic E-state index is -3.84. The van der Waals surface area contributed by atoms with Gasteiger partial charge in [-0.3, -0.25) is 15.1 Å². The average Bonchev–Trinajstić information content (AvgIpc) is 3.08. The zero-order valence-electron chi connectivity index (χ0n) is 16.9. The molecule has 0 amide bonds. The zero-order valence-corrected chi connectivity index (χ0v) is 20.9. The second-order valence-corrected chi connectivity index (χ2v) is 9.55. The summed E-state index contributed by atoms with van der Waals surface area (Å²) in [7, 11) is -2.19. The van der Waals surface area contributed by atoms with Crippen LogP contribution in [0.4, 0.5) is 5.69 Å². The minimum absolute atomic E-state index is 0. The monoisotopic (exact) mass is 567 g/mol. The summed E-state index contributed by atoms with van der Waals surface area (Å²) >= 11 is 1.76. The number of aryl methyl sites for hydroxylation is 1. The van der Waals surface area contributed by atoms with Crippen LogP contribution in [0.2, 0.25) is 0 Å². The highest BCUT2D eigenvalue weighted by Gasteiger charge is 2.17. The maximum absolute atomic E-state index is 12.3. The molecule has 1 heterocycles. The van der Waals surface area contributed by atoms with Gasteiger partial charge in [0.1, 0.15) is 0 Å². The van der Waals surface area contributed by atoms with Crippen molar-refractivity contribution >= 4 is 57.0 Å². The third kappa shape index (κ3) is 8.16. The molecule has 0 aliphatic heterocycles. The van der Waals surface area contributed by atoms with Crippen molar-refractivity contribution in [2.75, 3.05) is 20.1 Å². The lowest BCUT2D eigenvalue weighted by molar-refractivity contribution is -0.385. The fourth-order valence-corrected chi connectivity index (χ4v) is 4.68. The summed E-state index contributed by atoms with van der Waals surface area (Å²) in [6, 6.07) is 9.29. The van der Waals surface area contributed by atoms with Crippen molar-refractivity contribution in [1.82, 2.24) is 15.4 Å². The van der Waals surface area contributed by atoms with Crippen LogP contribution in [0.5, 0.6) is 0 Å². The Morgan fingerprint density at radius 2 is 2.00 bits per heavy atom. The van der Waals surface area contributed by atoms with E-state index in [0.717, 1.165) is 12.5 Å². The molecule has 2 aromatic rings. The van der Waals surface area contributed by atoms with Gasteiger partial charge in [-0.25, -0.2) is 13.1 Å². The maximum Gasteiger partial charge on any atom is 0.270 e. The van der Waals surface area contributed by atoms with Crippen molar-refractivity contribution in [3.63, 3.8) is 0 Å². The fraction of sp³-hybridized carbons (Fsp3) is 0.389. The first kappa shape index (κ1) is 26.3. The second-order valence-electron chi connectivity index (χ2n) is 6.41. The summed E-state index contributed by atoms with van der Waals surface area (Å²) < 4.78 is 27.0. The van der Waals surface area contributed by atoms with E-state index < -0.39 is 14.9 Å². The Hall–Kier alpha value is -1.77. The van der Waals surface area contributed by atoms with E-state index in [1.165, 1.54) is 28.0 Å². The van der Waals surface area contributed by atoms with Crippen molar-refractivity contribution in [3.05, 3.63) is 56.3 Å². The molecule has 2 rings (SSSR count). The number of thiophene rings is 1. The topological polar surface area (TPSA) is 126 Å². The van der Waals surface area contributed by atoms with Crippen molar-refractivity contribution in [2.45, 2.75) is 31.2 Å². The van der Waals surface area contributed by atoms with Crippen LogP contribution in [0.1, 0.15) is 16.7 Å². The van der Waals surface area contributed by atoms with E-state index in [1.807, 2.05) is 6.92 Å². The first-order valence-electron chi connectivity index (χ1n) is 8.98. The number of halogens is 1. The van der Waals surface area contributed by atoms with Crippen LogP contribution in [-0.2, 0) is 16.4 Å². The number of hydrogen-bond acceptors (Lipinski definition) is 6. The second kappa shape index (κ2) is 12.2. The molecule has 1 unspecified atom stereocenters. The molecule has 1 atom stereocenters. The molecule has 0 aliphatic rings. The molecule has 166 valence electrons. The quantitative estimate of drug-likeness (QED) is 0.107. The van der Waals surface area contributed by atoms with Crippen LogP contribution < -0.4 is 15.4 Å². The number of nitrogens with one attached hydrogen (secondary N) is 3. The summed E-state index contributed by atoms with van der Waals surface area (Å²) in [5.74, 6) is 0.570. The van der Waals surface area contributed by atoms with Crippen LogP contribution in [0.25, 0.3) is 0 Å². The highest BCUT2D eigenvalue weighted by Crippen LogP contribution is 2.17. The smallest absolute Gasteiger partial charge is 0.270 e.